The van der Waals surface area contributed by atoms with Crippen LogP contribution >= 0.6 is 0 Å². The zero-order valence-corrected chi connectivity index (χ0v) is 8.90. The van der Waals surface area contributed by atoms with E-state index in [1.807, 2.05) is 0 Å². The van der Waals surface area contributed by atoms with Crippen LogP contribution in [-0.2, 0) is 0 Å². The summed E-state index contributed by atoms with van der Waals surface area (Å²) in [6.07, 6.45) is 0. The van der Waals surface area contributed by atoms with E-state index in [4.69, 9.17) is 5.73 Å². The molecule has 0 unspecified atom stereocenters. The van der Waals surface area contributed by atoms with E-state index in [9.17, 15) is 14.5 Å². The number of rotatable bonds is 3. The predicted octanol–water partition coefficient (Wildman–Crippen LogP) is 0.814. The second kappa shape index (κ2) is 4.52. The molecule has 0 bridgehead atoms. The fourth-order valence-corrected chi connectivity index (χ4v) is 1.44. The minimum absolute atomic E-state index is 0.294. The molecule has 0 aromatic heterocycles. The Balaban J connectivity index is 3.26. The van der Waals surface area contributed by atoms with Crippen LogP contribution in [0.5, 0.6) is 0 Å². The minimum Gasteiger partial charge on any atom is -0.366 e. The lowest BCUT2D eigenvalue weighted by atomic mass is 9.97. The Bertz CT molecular complexity index is 469. The molecule has 1 rings (SSSR count). The number of nitroso groups, excluding NO2 is 1. The molecule has 0 fully saturated rings. The lowest BCUT2D eigenvalue weighted by Crippen LogP contribution is -2.20. The molecule has 6 nitrogen and oxygen atoms in total. The quantitative estimate of drug-likeness (QED) is 0.583. The summed E-state index contributed by atoms with van der Waals surface area (Å²) in [7, 11) is 0. The molecule has 0 aliphatic heterocycles. The highest BCUT2D eigenvalue weighted by Crippen LogP contribution is 2.17. The molecule has 16 heavy (non-hydrogen) atoms. The second-order valence-electron chi connectivity index (χ2n) is 3.31. The van der Waals surface area contributed by atoms with Crippen molar-refractivity contribution in [3.8, 4) is 0 Å². The third kappa shape index (κ3) is 2.05. The number of nitrogens with two attached hydrogens (primary N) is 1. The molecule has 0 atom stereocenters. The number of nitrogens with zero attached hydrogens (tertiary/aromatic N) is 1. The number of nitrogens with one attached hydrogen (secondary N) is 1. The molecule has 1 aromatic carbocycles. The smallest absolute Gasteiger partial charge is 0.274 e. The van der Waals surface area contributed by atoms with Crippen LogP contribution in [0.15, 0.2) is 17.4 Å². The van der Waals surface area contributed by atoms with Gasteiger partial charge in [0.05, 0.1) is 5.29 Å². The molecule has 0 radical (unpaired) electrons. The molecule has 1 aromatic rings. The van der Waals surface area contributed by atoms with Crippen LogP contribution in [0.2, 0.25) is 0 Å². The standard InChI is InChI=1S/C10H11N3O3/c1-5-6(2)8(10(15)12-13-16)4-3-7(5)9(11)14/h3-4H,1-2H3,(H2,11,14)(H,12,15,16). The normalized spacial score (nSPS) is 9.62. The highest BCUT2D eigenvalue weighted by Gasteiger charge is 2.14. The van der Waals surface area contributed by atoms with Crippen molar-refractivity contribution in [1.29, 1.82) is 0 Å². The van der Waals surface area contributed by atoms with Crippen molar-refractivity contribution in [2.24, 2.45) is 11.0 Å². The van der Waals surface area contributed by atoms with Crippen LogP contribution in [0.4, 0.5) is 0 Å². The molecule has 0 saturated heterocycles. The van der Waals surface area contributed by atoms with Crippen LogP contribution in [0.25, 0.3) is 0 Å². The highest BCUT2D eigenvalue weighted by molar-refractivity contribution is 5.99. The van der Waals surface area contributed by atoms with Gasteiger partial charge in [-0.15, -0.1) is 4.91 Å². The monoisotopic (exact) mass is 221 g/mol. The van der Waals surface area contributed by atoms with Gasteiger partial charge in [-0.2, -0.15) is 0 Å². The van der Waals surface area contributed by atoms with Crippen LogP contribution in [-0.4, -0.2) is 11.8 Å². The lowest BCUT2D eigenvalue weighted by Gasteiger charge is -2.09. The fraction of sp³-hybridized carbons (Fsp3) is 0.200. The van der Waals surface area contributed by atoms with E-state index < -0.39 is 11.8 Å². The topological polar surface area (TPSA) is 102 Å². The average Bonchev–Trinajstić information content (AvgIpc) is 2.21. The lowest BCUT2D eigenvalue weighted by molar-refractivity contribution is 0.0950. The number of primary amides is 1. The Morgan fingerprint density at radius 3 is 2.19 bits per heavy atom. The van der Waals surface area contributed by atoms with Gasteiger partial charge in [0.2, 0.25) is 5.91 Å². The molecule has 0 aliphatic carbocycles. The van der Waals surface area contributed by atoms with Crippen molar-refractivity contribution in [3.63, 3.8) is 0 Å². The summed E-state index contributed by atoms with van der Waals surface area (Å²) in [5.41, 5.74) is 8.81. The summed E-state index contributed by atoms with van der Waals surface area (Å²) in [5, 5.41) is 2.30. The fourth-order valence-electron chi connectivity index (χ4n) is 1.44. The van der Waals surface area contributed by atoms with Crippen molar-refractivity contribution in [2.45, 2.75) is 13.8 Å². The van der Waals surface area contributed by atoms with E-state index >= 15 is 0 Å². The molecule has 0 aliphatic rings. The van der Waals surface area contributed by atoms with E-state index in [1.165, 1.54) is 12.1 Å². The first kappa shape index (κ1) is 11.8. The first-order chi connectivity index (χ1) is 7.49. The van der Waals surface area contributed by atoms with Gasteiger partial charge in [0, 0.05) is 11.1 Å². The van der Waals surface area contributed by atoms with Gasteiger partial charge in [-0.25, -0.2) is 5.43 Å². The van der Waals surface area contributed by atoms with E-state index in [0.29, 0.717) is 22.3 Å². The highest BCUT2D eigenvalue weighted by atomic mass is 16.3. The largest absolute Gasteiger partial charge is 0.366 e. The predicted molar refractivity (Wildman–Crippen MR) is 57.7 cm³/mol. The van der Waals surface area contributed by atoms with Crippen LogP contribution in [0, 0.1) is 18.8 Å². The van der Waals surface area contributed by atoms with Crippen molar-refractivity contribution < 1.29 is 9.59 Å². The third-order valence-corrected chi connectivity index (χ3v) is 2.44. The molecule has 0 heterocycles. The van der Waals surface area contributed by atoms with Gasteiger partial charge in [-0.05, 0) is 37.1 Å². The molecule has 6 heteroatoms. The Kier molecular flexibility index (Phi) is 3.34. The van der Waals surface area contributed by atoms with E-state index in [2.05, 4.69) is 5.29 Å². The third-order valence-electron chi connectivity index (χ3n) is 2.44. The molecule has 84 valence electrons. The summed E-state index contributed by atoms with van der Waals surface area (Å²) in [5.74, 6) is -1.16. The summed E-state index contributed by atoms with van der Waals surface area (Å²) in [4.78, 5) is 32.3. The molecule has 3 N–H and O–H groups in total. The maximum Gasteiger partial charge on any atom is 0.274 e. The minimum atomic E-state index is -0.605. The van der Waals surface area contributed by atoms with Gasteiger partial charge in [0.15, 0.2) is 0 Å². The number of amides is 2. The number of benzene rings is 1. The SMILES string of the molecule is Cc1c(C(N)=O)ccc(C(=O)NN=O)c1C. The first-order valence-corrected chi connectivity index (χ1v) is 4.51. The van der Waals surface area contributed by atoms with Crippen molar-refractivity contribution >= 4 is 11.8 Å². The maximum absolute atomic E-state index is 11.4. The van der Waals surface area contributed by atoms with Gasteiger partial charge >= 0.3 is 0 Å². The first-order valence-electron chi connectivity index (χ1n) is 4.51. The summed E-state index contributed by atoms with van der Waals surface area (Å²) < 4.78 is 0. The number of hydrogen-bond donors (Lipinski definition) is 2. The summed E-state index contributed by atoms with van der Waals surface area (Å²) >= 11 is 0. The van der Waals surface area contributed by atoms with E-state index in [0.717, 1.165) is 0 Å². The molecule has 0 saturated carbocycles. The summed E-state index contributed by atoms with van der Waals surface area (Å²) in [6, 6.07) is 2.88. The Labute approximate surface area is 91.8 Å². The Hall–Kier alpha value is -2.24. The van der Waals surface area contributed by atoms with Crippen molar-refractivity contribution in [2.75, 3.05) is 0 Å². The molecular weight excluding hydrogens is 210 g/mol. The number of carbonyl (C=O) groups excluding carboxylic acids is 2. The van der Waals surface area contributed by atoms with Crippen molar-refractivity contribution in [3.05, 3.63) is 39.3 Å². The van der Waals surface area contributed by atoms with Gasteiger partial charge in [-0.1, -0.05) is 0 Å². The average molecular weight is 221 g/mol. The van der Waals surface area contributed by atoms with E-state index in [1.54, 1.807) is 19.3 Å². The van der Waals surface area contributed by atoms with E-state index in [-0.39, 0.29) is 0 Å². The Morgan fingerprint density at radius 1 is 1.19 bits per heavy atom. The van der Waals surface area contributed by atoms with Gasteiger partial charge < -0.3 is 5.73 Å². The Morgan fingerprint density at radius 2 is 1.69 bits per heavy atom. The zero-order chi connectivity index (χ0) is 12.3. The molecular formula is C10H11N3O3. The number of carbonyl (C=O) groups is 2. The second-order valence-corrected chi connectivity index (χ2v) is 3.31. The van der Waals surface area contributed by atoms with Gasteiger partial charge in [-0.3, -0.25) is 9.59 Å². The van der Waals surface area contributed by atoms with Gasteiger partial charge in [0.1, 0.15) is 0 Å². The molecule has 2 amide bonds. The van der Waals surface area contributed by atoms with Crippen LogP contribution in [0.3, 0.4) is 0 Å². The van der Waals surface area contributed by atoms with Crippen LogP contribution in [0.1, 0.15) is 31.8 Å². The maximum atomic E-state index is 11.4. The number of hydrogen-bond acceptors (Lipinski definition) is 4. The van der Waals surface area contributed by atoms with Crippen molar-refractivity contribution in [1.82, 2.24) is 5.43 Å². The van der Waals surface area contributed by atoms with Crippen LogP contribution < -0.4 is 11.2 Å². The summed E-state index contributed by atoms with van der Waals surface area (Å²) in [6.45, 7) is 3.35. The molecule has 0 spiro atoms. The van der Waals surface area contributed by atoms with Gasteiger partial charge in [0.25, 0.3) is 5.91 Å². The zero-order valence-electron chi connectivity index (χ0n) is 8.90.